The van der Waals surface area contributed by atoms with E-state index in [2.05, 4.69) is 4.99 Å². The minimum Gasteiger partial charge on any atom is -0.412 e. The number of hydrogen-bond donors (Lipinski definition) is 2. The summed E-state index contributed by atoms with van der Waals surface area (Å²) in [6, 6.07) is 0. The van der Waals surface area contributed by atoms with Crippen LogP contribution in [0.4, 0.5) is 0 Å². The molecule has 0 radical (unpaired) electrons. The summed E-state index contributed by atoms with van der Waals surface area (Å²) in [5.41, 5.74) is 10.0. The summed E-state index contributed by atoms with van der Waals surface area (Å²) in [5, 5.41) is 0. The van der Waals surface area contributed by atoms with Gasteiger partial charge in [0.1, 0.15) is 0 Å². The molecule has 8 heavy (non-hydrogen) atoms. The zero-order chi connectivity index (χ0) is 5.70. The van der Waals surface area contributed by atoms with E-state index in [0.29, 0.717) is 0 Å². The number of nitrogens with two attached hydrogens (primary N) is 2. The van der Waals surface area contributed by atoms with Gasteiger partial charge in [-0.1, -0.05) is 6.92 Å². The highest BCUT2D eigenvalue weighted by Gasteiger charge is 1.74. The fourth-order valence-corrected chi connectivity index (χ4v) is 0.241. The fourth-order valence-electron chi connectivity index (χ4n) is 0.241. The van der Waals surface area contributed by atoms with Crippen LogP contribution in [0, 0.1) is 0 Å². The van der Waals surface area contributed by atoms with E-state index in [1.807, 2.05) is 6.92 Å². The lowest BCUT2D eigenvalue weighted by Gasteiger charge is -1.86. The Morgan fingerprint density at radius 2 is 2.00 bits per heavy atom. The van der Waals surface area contributed by atoms with E-state index in [9.17, 15) is 0 Å². The molecule has 50 valence electrons. The molecular formula is C4H13N3O. The first-order chi connectivity index (χ1) is 3.27. The van der Waals surface area contributed by atoms with E-state index in [1.54, 1.807) is 0 Å². The molecule has 0 bridgehead atoms. The van der Waals surface area contributed by atoms with Crippen molar-refractivity contribution in [2.75, 3.05) is 6.54 Å². The van der Waals surface area contributed by atoms with Crippen LogP contribution >= 0.6 is 0 Å². The van der Waals surface area contributed by atoms with Crippen LogP contribution in [-0.2, 0) is 0 Å². The van der Waals surface area contributed by atoms with Gasteiger partial charge in [-0.3, -0.25) is 4.99 Å². The fraction of sp³-hybridized carbons (Fsp3) is 0.750. The second-order valence-corrected chi connectivity index (χ2v) is 1.31. The smallest absolute Gasteiger partial charge is 0.185 e. The first kappa shape index (κ1) is 10.3. The van der Waals surface area contributed by atoms with E-state index in [4.69, 9.17) is 11.5 Å². The van der Waals surface area contributed by atoms with Crippen LogP contribution in [0.2, 0.25) is 0 Å². The maximum absolute atomic E-state index is 5.01. The Bertz CT molecular complexity index is 67.7. The Kier molecular flexibility index (Phi) is 7.99. The molecule has 0 aliphatic rings. The molecule has 4 nitrogen and oxygen atoms in total. The maximum Gasteiger partial charge on any atom is 0.185 e. The summed E-state index contributed by atoms with van der Waals surface area (Å²) in [7, 11) is 0. The molecule has 0 aliphatic heterocycles. The predicted octanol–water partition coefficient (Wildman–Crippen LogP) is -1.15. The lowest BCUT2D eigenvalue weighted by molar-refractivity contribution is 0.824. The van der Waals surface area contributed by atoms with Crippen LogP contribution in [0.15, 0.2) is 4.99 Å². The molecule has 0 unspecified atom stereocenters. The topological polar surface area (TPSA) is 95.9 Å². The number of guanidine groups is 1. The van der Waals surface area contributed by atoms with Crippen molar-refractivity contribution < 1.29 is 5.48 Å². The first-order valence-corrected chi connectivity index (χ1v) is 2.32. The molecular weight excluding hydrogens is 106 g/mol. The van der Waals surface area contributed by atoms with Crippen LogP contribution in [-0.4, -0.2) is 18.0 Å². The van der Waals surface area contributed by atoms with Crippen molar-refractivity contribution >= 4 is 5.96 Å². The van der Waals surface area contributed by atoms with Crippen molar-refractivity contribution in [3.8, 4) is 0 Å². The predicted molar refractivity (Wildman–Crippen MR) is 34.6 cm³/mol. The standard InChI is InChI=1S/C4H11N3.H2O/c1-2-3-7-4(5)6;/h2-3H2,1H3,(H4,5,6,7);1H2. The second-order valence-electron chi connectivity index (χ2n) is 1.31. The third-order valence-corrected chi connectivity index (χ3v) is 0.518. The Balaban J connectivity index is 0. The molecule has 0 heterocycles. The van der Waals surface area contributed by atoms with Gasteiger partial charge in [0.05, 0.1) is 0 Å². The minimum atomic E-state index is 0. The van der Waals surface area contributed by atoms with Crippen LogP contribution in [0.3, 0.4) is 0 Å². The van der Waals surface area contributed by atoms with Gasteiger partial charge in [0.25, 0.3) is 0 Å². The molecule has 0 saturated carbocycles. The molecule has 0 aliphatic carbocycles. The van der Waals surface area contributed by atoms with Gasteiger partial charge in [-0.05, 0) is 6.42 Å². The molecule has 0 aromatic carbocycles. The second kappa shape index (κ2) is 6.23. The highest BCUT2D eigenvalue weighted by Crippen LogP contribution is 1.73. The van der Waals surface area contributed by atoms with Crippen molar-refractivity contribution in [3.63, 3.8) is 0 Å². The number of hydrogen-bond acceptors (Lipinski definition) is 1. The molecule has 0 fully saturated rings. The lowest BCUT2D eigenvalue weighted by Crippen LogP contribution is -2.22. The van der Waals surface area contributed by atoms with Crippen molar-refractivity contribution in [1.29, 1.82) is 0 Å². The SMILES string of the molecule is CCCN=C(N)N.O. The molecule has 6 N–H and O–H groups in total. The van der Waals surface area contributed by atoms with Gasteiger partial charge >= 0.3 is 0 Å². The zero-order valence-corrected chi connectivity index (χ0v) is 5.02. The third kappa shape index (κ3) is 8.97. The van der Waals surface area contributed by atoms with Crippen LogP contribution < -0.4 is 11.5 Å². The molecule has 0 atom stereocenters. The van der Waals surface area contributed by atoms with Crippen LogP contribution in [0.5, 0.6) is 0 Å². The largest absolute Gasteiger partial charge is 0.412 e. The highest BCUT2D eigenvalue weighted by molar-refractivity contribution is 5.75. The van der Waals surface area contributed by atoms with Crippen molar-refractivity contribution in [2.45, 2.75) is 13.3 Å². The van der Waals surface area contributed by atoms with E-state index < -0.39 is 0 Å². The van der Waals surface area contributed by atoms with E-state index in [0.717, 1.165) is 13.0 Å². The number of rotatable bonds is 2. The molecule has 4 heteroatoms. The Labute approximate surface area is 48.9 Å². The van der Waals surface area contributed by atoms with Gasteiger partial charge in [-0.15, -0.1) is 0 Å². The number of aliphatic imine (C=N–C) groups is 1. The van der Waals surface area contributed by atoms with Gasteiger partial charge in [-0.2, -0.15) is 0 Å². The van der Waals surface area contributed by atoms with Gasteiger partial charge in [0.2, 0.25) is 0 Å². The van der Waals surface area contributed by atoms with Crippen LogP contribution in [0.25, 0.3) is 0 Å². The van der Waals surface area contributed by atoms with Crippen molar-refractivity contribution in [3.05, 3.63) is 0 Å². The monoisotopic (exact) mass is 119 g/mol. The summed E-state index contributed by atoms with van der Waals surface area (Å²) in [5.74, 6) is 0.182. The van der Waals surface area contributed by atoms with Crippen molar-refractivity contribution in [2.24, 2.45) is 16.5 Å². The highest BCUT2D eigenvalue weighted by atomic mass is 16.0. The summed E-state index contributed by atoms with van der Waals surface area (Å²) >= 11 is 0. The summed E-state index contributed by atoms with van der Waals surface area (Å²) < 4.78 is 0. The Morgan fingerprint density at radius 3 is 2.12 bits per heavy atom. The van der Waals surface area contributed by atoms with Crippen molar-refractivity contribution in [1.82, 2.24) is 0 Å². The third-order valence-electron chi connectivity index (χ3n) is 0.518. The van der Waals surface area contributed by atoms with Gasteiger partial charge < -0.3 is 16.9 Å². The number of nitrogens with zero attached hydrogens (tertiary/aromatic N) is 1. The quantitative estimate of drug-likeness (QED) is 0.354. The first-order valence-electron chi connectivity index (χ1n) is 2.32. The summed E-state index contributed by atoms with van der Waals surface area (Å²) in [6.07, 6.45) is 0.998. The van der Waals surface area contributed by atoms with E-state index >= 15 is 0 Å². The molecule has 0 rings (SSSR count). The molecule has 0 amide bonds. The van der Waals surface area contributed by atoms with E-state index in [-0.39, 0.29) is 11.4 Å². The normalized spacial score (nSPS) is 7.12. The molecule has 0 aromatic rings. The molecule has 0 saturated heterocycles. The maximum atomic E-state index is 5.01. The van der Waals surface area contributed by atoms with Crippen LogP contribution in [0.1, 0.15) is 13.3 Å². The zero-order valence-electron chi connectivity index (χ0n) is 5.02. The molecule has 0 spiro atoms. The summed E-state index contributed by atoms with van der Waals surface area (Å²) in [6.45, 7) is 2.76. The van der Waals surface area contributed by atoms with Gasteiger partial charge in [-0.25, -0.2) is 0 Å². The molecule has 0 aromatic heterocycles. The van der Waals surface area contributed by atoms with Gasteiger partial charge in [0, 0.05) is 6.54 Å². The Morgan fingerprint density at radius 1 is 1.50 bits per heavy atom. The Hall–Kier alpha value is -0.770. The van der Waals surface area contributed by atoms with Gasteiger partial charge in [0.15, 0.2) is 5.96 Å². The average molecular weight is 119 g/mol. The minimum absolute atomic E-state index is 0. The lowest BCUT2D eigenvalue weighted by atomic mass is 10.5. The summed E-state index contributed by atoms with van der Waals surface area (Å²) in [4.78, 5) is 3.72. The average Bonchev–Trinajstić information content (AvgIpc) is 1.61. The van der Waals surface area contributed by atoms with E-state index in [1.165, 1.54) is 0 Å².